The second-order valence-corrected chi connectivity index (χ2v) is 7.85. The second-order valence-electron chi connectivity index (χ2n) is 7.85. The molecule has 2 aromatic carbocycles. The Kier molecular flexibility index (Phi) is 6.97. The molecule has 0 radical (unpaired) electrons. The molecule has 3 rings (SSSR count). The fourth-order valence-electron chi connectivity index (χ4n) is 4.03. The van der Waals surface area contributed by atoms with Crippen LogP contribution in [0.15, 0.2) is 54.6 Å². The maximum atomic E-state index is 10.9. The minimum atomic E-state index is 0.294. The molecule has 0 aliphatic heterocycles. The molecule has 2 N–H and O–H groups in total. The van der Waals surface area contributed by atoms with Gasteiger partial charge in [0.2, 0.25) is 0 Å². The van der Waals surface area contributed by atoms with E-state index in [9.17, 15) is 10.2 Å². The van der Waals surface area contributed by atoms with Gasteiger partial charge in [-0.25, -0.2) is 0 Å². The first-order chi connectivity index (χ1) is 13.6. The molecule has 0 saturated heterocycles. The lowest BCUT2D eigenvalue weighted by molar-refractivity contribution is 0.425. The van der Waals surface area contributed by atoms with Gasteiger partial charge in [-0.2, -0.15) is 0 Å². The highest BCUT2D eigenvalue weighted by atomic mass is 16.3. The number of hydrogen-bond donors (Lipinski definition) is 2. The molecule has 2 nitrogen and oxygen atoms in total. The van der Waals surface area contributed by atoms with Crippen molar-refractivity contribution in [2.45, 2.75) is 58.8 Å². The fourth-order valence-corrected chi connectivity index (χ4v) is 4.03. The smallest absolute Gasteiger partial charge is 0.126 e. The predicted molar refractivity (Wildman–Crippen MR) is 118 cm³/mol. The van der Waals surface area contributed by atoms with Crippen LogP contribution >= 0.6 is 0 Å². The minimum Gasteiger partial charge on any atom is -0.508 e. The molecule has 1 unspecified atom stereocenters. The summed E-state index contributed by atoms with van der Waals surface area (Å²) in [5, 5.41) is 20.4. The zero-order chi connectivity index (χ0) is 19.9. The minimum absolute atomic E-state index is 0.294. The average molecular weight is 377 g/mol. The maximum absolute atomic E-state index is 10.9. The average Bonchev–Trinajstić information content (AvgIpc) is 2.73. The van der Waals surface area contributed by atoms with Crippen LogP contribution in [0.4, 0.5) is 0 Å². The summed E-state index contributed by atoms with van der Waals surface area (Å²) in [7, 11) is 0. The van der Waals surface area contributed by atoms with Crippen LogP contribution in [0.3, 0.4) is 0 Å². The van der Waals surface area contributed by atoms with Gasteiger partial charge in [0.1, 0.15) is 11.5 Å². The topological polar surface area (TPSA) is 40.5 Å². The second kappa shape index (κ2) is 9.64. The molecule has 1 aliphatic rings. The summed E-state index contributed by atoms with van der Waals surface area (Å²) in [4.78, 5) is 0. The van der Waals surface area contributed by atoms with Gasteiger partial charge in [-0.05, 0) is 59.6 Å². The number of hydrogen-bond acceptors (Lipinski definition) is 2. The van der Waals surface area contributed by atoms with Gasteiger partial charge in [-0.1, -0.05) is 82.0 Å². The van der Waals surface area contributed by atoms with Crippen LogP contribution < -0.4 is 0 Å². The summed E-state index contributed by atoms with van der Waals surface area (Å²) in [5.74, 6) is 1.40. The molecule has 0 spiro atoms. The van der Waals surface area contributed by atoms with Crippen molar-refractivity contribution >= 4 is 11.1 Å². The lowest BCUT2D eigenvalue weighted by Crippen LogP contribution is -2.04. The van der Waals surface area contributed by atoms with Gasteiger partial charge >= 0.3 is 0 Å². The van der Waals surface area contributed by atoms with E-state index >= 15 is 0 Å². The highest BCUT2D eigenvalue weighted by Crippen LogP contribution is 2.37. The van der Waals surface area contributed by atoms with E-state index in [4.69, 9.17) is 0 Å². The van der Waals surface area contributed by atoms with E-state index in [0.29, 0.717) is 17.4 Å². The Morgan fingerprint density at radius 3 is 2.25 bits per heavy atom. The van der Waals surface area contributed by atoms with E-state index in [2.05, 4.69) is 38.1 Å². The van der Waals surface area contributed by atoms with Crippen molar-refractivity contribution in [2.24, 2.45) is 5.92 Å². The van der Waals surface area contributed by atoms with Crippen molar-refractivity contribution < 1.29 is 10.2 Å². The third-order valence-electron chi connectivity index (χ3n) is 5.89. The standard InChI is InChI=1S/C26H32O2/c1-3-5-7-19(4-2)18-23-8-6-9-25(26(23)28)22-12-10-20(11-13-22)21-14-16-24(27)17-15-21/h6,8-10,13-17,19,27-28H,3-5,7,11-12,18H2,1-2H3. The van der Waals surface area contributed by atoms with Crippen LogP contribution in [0.2, 0.25) is 0 Å². The van der Waals surface area contributed by atoms with E-state index in [1.807, 2.05) is 18.2 Å². The Morgan fingerprint density at radius 2 is 1.61 bits per heavy atom. The summed E-state index contributed by atoms with van der Waals surface area (Å²) >= 11 is 0. The lowest BCUT2D eigenvalue weighted by atomic mass is 9.87. The molecule has 0 fully saturated rings. The molecule has 0 amide bonds. The number of unbranched alkanes of at least 4 members (excludes halogenated alkanes) is 1. The van der Waals surface area contributed by atoms with E-state index in [-0.39, 0.29) is 0 Å². The maximum Gasteiger partial charge on any atom is 0.126 e. The van der Waals surface area contributed by atoms with Gasteiger partial charge < -0.3 is 10.2 Å². The number of rotatable bonds is 8. The van der Waals surface area contributed by atoms with Gasteiger partial charge in [-0.3, -0.25) is 0 Å². The van der Waals surface area contributed by atoms with Gasteiger partial charge in [0.15, 0.2) is 0 Å². The summed E-state index contributed by atoms with van der Waals surface area (Å²) in [6.07, 6.45) is 12.0. The highest BCUT2D eigenvalue weighted by molar-refractivity contribution is 5.80. The van der Waals surface area contributed by atoms with Crippen molar-refractivity contribution in [3.63, 3.8) is 0 Å². The van der Waals surface area contributed by atoms with Crippen molar-refractivity contribution in [1.82, 2.24) is 0 Å². The lowest BCUT2D eigenvalue weighted by Gasteiger charge is -2.19. The van der Waals surface area contributed by atoms with Crippen LogP contribution in [0, 0.1) is 5.92 Å². The fraction of sp³-hybridized carbons (Fsp3) is 0.385. The molecule has 1 atom stereocenters. The Morgan fingerprint density at radius 1 is 0.893 bits per heavy atom. The van der Waals surface area contributed by atoms with Crippen molar-refractivity contribution in [3.05, 3.63) is 71.3 Å². The molecule has 0 bridgehead atoms. The largest absolute Gasteiger partial charge is 0.508 e. The van der Waals surface area contributed by atoms with Crippen LogP contribution in [-0.4, -0.2) is 10.2 Å². The van der Waals surface area contributed by atoms with E-state index in [0.717, 1.165) is 42.4 Å². The van der Waals surface area contributed by atoms with Crippen molar-refractivity contribution in [3.8, 4) is 11.5 Å². The molecule has 28 heavy (non-hydrogen) atoms. The van der Waals surface area contributed by atoms with Crippen molar-refractivity contribution in [1.29, 1.82) is 0 Å². The first-order valence-corrected chi connectivity index (χ1v) is 10.6. The first kappa shape index (κ1) is 20.3. The molecular weight excluding hydrogens is 344 g/mol. The van der Waals surface area contributed by atoms with Crippen LogP contribution in [0.1, 0.15) is 69.1 Å². The third kappa shape index (κ3) is 4.86. The summed E-state index contributed by atoms with van der Waals surface area (Å²) in [5.41, 5.74) is 5.67. The molecule has 0 saturated carbocycles. The Labute approximate surface area is 169 Å². The predicted octanol–water partition coefficient (Wildman–Crippen LogP) is 7.12. The zero-order valence-corrected chi connectivity index (χ0v) is 17.1. The molecule has 1 aliphatic carbocycles. The third-order valence-corrected chi connectivity index (χ3v) is 5.89. The Balaban J connectivity index is 1.73. The SMILES string of the molecule is CCCCC(CC)Cc1cccc(C2=CCC(c3ccc(O)cc3)=CC2)c1O. The summed E-state index contributed by atoms with van der Waals surface area (Å²) in [6, 6.07) is 13.6. The molecule has 148 valence electrons. The monoisotopic (exact) mass is 376 g/mol. The first-order valence-electron chi connectivity index (χ1n) is 10.6. The van der Waals surface area contributed by atoms with Crippen molar-refractivity contribution in [2.75, 3.05) is 0 Å². The number of benzene rings is 2. The molecule has 0 aromatic heterocycles. The normalized spacial score (nSPS) is 15.1. The number of aromatic hydroxyl groups is 2. The van der Waals surface area contributed by atoms with E-state index < -0.39 is 0 Å². The highest BCUT2D eigenvalue weighted by Gasteiger charge is 2.16. The number of para-hydroxylation sites is 1. The molecule has 0 heterocycles. The van der Waals surface area contributed by atoms with Crippen LogP contribution in [0.25, 0.3) is 11.1 Å². The van der Waals surface area contributed by atoms with Gasteiger partial charge in [-0.15, -0.1) is 0 Å². The number of allylic oxidation sites excluding steroid dienone is 4. The quantitative estimate of drug-likeness (QED) is 0.515. The Bertz CT molecular complexity index is 843. The molecular formula is C26H32O2. The van der Waals surface area contributed by atoms with Gasteiger partial charge in [0.05, 0.1) is 0 Å². The zero-order valence-electron chi connectivity index (χ0n) is 17.1. The van der Waals surface area contributed by atoms with Gasteiger partial charge in [0.25, 0.3) is 0 Å². The van der Waals surface area contributed by atoms with Crippen LogP contribution in [0.5, 0.6) is 11.5 Å². The van der Waals surface area contributed by atoms with E-state index in [1.54, 1.807) is 12.1 Å². The summed E-state index contributed by atoms with van der Waals surface area (Å²) < 4.78 is 0. The van der Waals surface area contributed by atoms with Gasteiger partial charge in [0, 0.05) is 5.56 Å². The molecule has 2 heteroatoms. The molecule has 2 aromatic rings. The Hall–Kier alpha value is -2.48. The number of phenolic OH excluding ortho intramolecular Hbond substituents is 2. The van der Waals surface area contributed by atoms with E-state index in [1.165, 1.54) is 30.4 Å². The van der Waals surface area contributed by atoms with Crippen LogP contribution in [-0.2, 0) is 6.42 Å². The number of phenols is 2. The summed E-state index contributed by atoms with van der Waals surface area (Å²) in [6.45, 7) is 4.49.